The molecule has 1 aliphatic rings. The Morgan fingerprint density at radius 3 is 2.29 bits per heavy atom. The molecule has 1 amide bonds. The molecule has 1 fully saturated rings. The van der Waals surface area contributed by atoms with Crippen molar-refractivity contribution >= 4 is 40.5 Å². The first-order valence-electron chi connectivity index (χ1n) is 10.2. The number of carboxylic acid groups (broad SMARTS) is 1. The number of aliphatic hydroxyl groups is 1. The van der Waals surface area contributed by atoms with Gasteiger partial charge in [0.05, 0.1) is 16.7 Å². The standard InChI is InChI=1S/C24H26ClNO4S/c1-24(2,3)13-12-19-14-20(21(31-19)23(29)30)26(17-8-10-18(27)11-9-17)22(28)15-4-6-16(25)7-5-15/h4-7,14,17-18,27H,8-11H2,1-3H3,(H,29,30). The van der Waals surface area contributed by atoms with Gasteiger partial charge in [0.2, 0.25) is 0 Å². The van der Waals surface area contributed by atoms with E-state index in [0.717, 1.165) is 11.3 Å². The maximum Gasteiger partial charge on any atom is 0.348 e. The first-order chi connectivity index (χ1) is 14.5. The van der Waals surface area contributed by atoms with E-state index in [2.05, 4.69) is 11.8 Å². The maximum absolute atomic E-state index is 13.5. The minimum absolute atomic E-state index is 0.0895. The van der Waals surface area contributed by atoms with Gasteiger partial charge in [0.25, 0.3) is 5.91 Å². The third kappa shape index (κ3) is 5.88. The average Bonchev–Trinajstić information content (AvgIpc) is 3.12. The van der Waals surface area contributed by atoms with Crippen LogP contribution in [-0.2, 0) is 0 Å². The number of nitrogens with zero attached hydrogens (tertiary/aromatic N) is 1. The van der Waals surface area contributed by atoms with Crippen molar-refractivity contribution in [3.8, 4) is 11.8 Å². The molecular weight excluding hydrogens is 434 g/mol. The smallest absolute Gasteiger partial charge is 0.348 e. The zero-order valence-corrected chi connectivity index (χ0v) is 19.4. The van der Waals surface area contributed by atoms with Crippen LogP contribution in [0.15, 0.2) is 30.3 Å². The van der Waals surface area contributed by atoms with Gasteiger partial charge in [-0.1, -0.05) is 23.4 Å². The van der Waals surface area contributed by atoms with Gasteiger partial charge in [0, 0.05) is 22.0 Å². The number of rotatable bonds is 4. The van der Waals surface area contributed by atoms with Gasteiger partial charge < -0.3 is 15.1 Å². The zero-order chi connectivity index (χ0) is 22.8. The Hall–Kier alpha value is -2.33. The van der Waals surface area contributed by atoms with Crippen molar-refractivity contribution in [3.05, 3.63) is 50.7 Å². The first-order valence-corrected chi connectivity index (χ1v) is 11.4. The second-order valence-electron chi connectivity index (χ2n) is 8.77. The predicted molar refractivity (Wildman–Crippen MR) is 124 cm³/mol. The van der Waals surface area contributed by atoms with Gasteiger partial charge in [0.15, 0.2) is 0 Å². The third-order valence-electron chi connectivity index (χ3n) is 5.07. The largest absolute Gasteiger partial charge is 0.477 e. The number of carbonyl (C=O) groups excluding carboxylic acids is 1. The SMILES string of the molecule is CC(C)(C)C#Cc1cc(N(C(=O)c2ccc(Cl)cc2)C2CCC(O)CC2)c(C(=O)O)s1. The number of thiophene rings is 1. The van der Waals surface area contributed by atoms with E-state index in [1.165, 1.54) is 0 Å². The summed E-state index contributed by atoms with van der Waals surface area (Å²) in [7, 11) is 0. The molecule has 1 aromatic heterocycles. The Balaban J connectivity index is 2.08. The minimum Gasteiger partial charge on any atom is -0.477 e. The van der Waals surface area contributed by atoms with Crippen LogP contribution in [-0.4, -0.2) is 34.2 Å². The maximum atomic E-state index is 13.5. The van der Waals surface area contributed by atoms with Crippen molar-refractivity contribution in [2.24, 2.45) is 5.41 Å². The van der Waals surface area contributed by atoms with E-state index in [0.29, 0.717) is 46.8 Å². The van der Waals surface area contributed by atoms with E-state index in [1.807, 2.05) is 20.8 Å². The van der Waals surface area contributed by atoms with Crippen molar-refractivity contribution < 1.29 is 19.8 Å². The Bertz CT molecular complexity index is 1020. The molecule has 1 saturated carbocycles. The minimum atomic E-state index is -1.09. The molecular formula is C24H26ClNO4S. The number of hydrogen-bond acceptors (Lipinski definition) is 4. The average molecular weight is 460 g/mol. The van der Waals surface area contributed by atoms with Gasteiger partial charge in [-0.05, 0) is 76.8 Å². The summed E-state index contributed by atoms with van der Waals surface area (Å²) in [5.74, 6) is 4.81. The molecule has 0 saturated heterocycles. The van der Waals surface area contributed by atoms with E-state index in [1.54, 1.807) is 35.2 Å². The zero-order valence-electron chi connectivity index (χ0n) is 17.8. The summed E-state index contributed by atoms with van der Waals surface area (Å²) in [6, 6.07) is 8.06. The number of hydrogen-bond donors (Lipinski definition) is 2. The number of halogens is 1. The Labute approximate surface area is 191 Å². The molecule has 7 heteroatoms. The molecule has 0 bridgehead atoms. The predicted octanol–water partition coefficient (Wildman–Crippen LogP) is 5.45. The molecule has 0 atom stereocenters. The van der Waals surface area contributed by atoms with Gasteiger partial charge in [-0.2, -0.15) is 0 Å². The monoisotopic (exact) mass is 459 g/mol. The summed E-state index contributed by atoms with van der Waals surface area (Å²) < 4.78 is 0. The Kier molecular flexibility index (Phi) is 7.10. The number of aromatic carboxylic acids is 1. The molecule has 31 heavy (non-hydrogen) atoms. The summed E-state index contributed by atoms with van der Waals surface area (Å²) in [6.07, 6.45) is 1.94. The van der Waals surface area contributed by atoms with Crippen LogP contribution >= 0.6 is 22.9 Å². The lowest BCUT2D eigenvalue weighted by Crippen LogP contribution is -2.43. The van der Waals surface area contributed by atoms with Crippen LogP contribution in [0.25, 0.3) is 0 Å². The summed E-state index contributed by atoms with van der Waals surface area (Å²) in [4.78, 5) is 27.9. The summed E-state index contributed by atoms with van der Waals surface area (Å²) in [5.41, 5.74) is 0.559. The number of amides is 1. The van der Waals surface area contributed by atoms with Gasteiger partial charge in [-0.15, -0.1) is 11.3 Å². The highest BCUT2D eigenvalue weighted by atomic mass is 35.5. The molecule has 0 radical (unpaired) electrons. The summed E-state index contributed by atoms with van der Waals surface area (Å²) in [6.45, 7) is 5.95. The second kappa shape index (κ2) is 9.44. The Morgan fingerprint density at radius 2 is 1.74 bits per heavy atom. The highest BCUT2D eigenvalue weighted by molar-refractivity contribution is 7.15. The quantitative estimate of drug-likeness (QED) is 0.596. The van der Waals surface area contributed by atoms with E-state index >= 15 is 0 Å². The normalized spacial score (nSPS) is 18.7. The molecule has 0 unspecified atom stereocenters. The van der Waals surface area contributed by atoms with Crippen molar-refractivity contribution in [1.82, 2.24) is 0 Å². The van der Waals surface area contributed by atoms with Crippen molar-refractivity contribution in [2.75, 3.05) is 4.90 Å². The van der Waals surface area contributed by atoms with Gasteiger partial charge >= 0.3 is 5.97 Å². The molecule has 1 aromatic carbocycles. The molecule has 0 spiro atoms. The second-order valence-corrected chi connectivity index (χ2v) is 10.3. The van der Waals surface area contributed by atoms with Crippen LogP contribution in [0, 0.1) is 17.3 Å². The fourth-order valence-electron chi connectivity index (χ4n) is 3.54. The molecule has 1 heterocycles. The van der Waals surface area contributed by atoms with Crippen LogP contribution in [0.1, 0.15) is 71.4 Å². The lowest BCUT2D eigenvalue weighted by atomic mass is 9.91. The van der Waals surface area contributed by atoms with Gasteiger partial charge in [-0.25, -0.2) is 4.79 Å². The lowest BCUT2D eigenvalue weighted by molar-refractivity contribution is 0.0702. The number of carbonyl (C=O) groups is 2. The van der Waals surface area contributed by atoms with Crippen LogP contribution < -0.4 is 4.90 Å². The number of benzene rings is 1. The van der Waals surface area contributed by atoms with Gasteiger partial charge in [-0.3, -0.25) is 4.79 Å². The third-order valence-corrected chi connectivity index (χ3v) is 6.35. The highest BCUT2D eigenvalue weighted by Gasteiger charge is 2.33. The summed E-state index contributed by atoms with van der Waals surface area (Å²) >= 11 is 7.05. The van der Waals surface area contributed by atoms with E-state index in [9.17, 15) is 19.8 Å². The fourth-order valence-corrected chi connectivity index (χ4v) is 4.51. The molecule has 2 N–H and O–H groups in total. The van der Waals surface area contributed by atoms with Crippen LogP contribution in [0.5, 0.6) is 0 Å². The molecule has 1 aliphatic carbocycles. The van der Waals surface area contributed by atoms with Crippen LogP contribution in [0.3, 0.4) is 0 Å². The first kappa shape index (κ1) is 23.3. The number of anilines is 1. The number of aliphatic hydroxyl groups excluding tert-OH is 1. The van der Waals surface area contributed by atoms with Crippen LogP contribution in [0.4, 0.5) is 5.69 Å². The van der Waals surface area contributed by atoms with E-state index in [4.69, 9.17) is 11.6 Å². The van der Waals surface area contributed by atoms with E-state index in [-0.39, 0.29) is 22.2 Å². The molecule has 2 aromatic rings. The molecule has 164 valence electrons. The number of carboxylic acids is 1. The topological polar surface area (TPSA) is 77.8 Å². The molecule has 0 aliphatic heterocycles. The highest BCUT2D eigenvalue weighted by Crippen LogP contribution is 2.36. The van der Waals surface area contributed by atoms with Crippen molar-refractivity contribution in [3.63, 3.8) is 0 Å². The van der Waals surface area contributed by atoms with Crippen LogP contribution in [0.2, 0.25) is 5.02 Å². The molecule has 3 rings (SSSR count). The van der Waals surface area contributed by atoms with Crippen molar-refractivity contribution in [2.45, 2.75) is 58.6 Å². The lowest BCUT2D eigenvalue weighted by Gasteiger charge is -2.35. The molecule has 5 nitrogen and oxygen atoms in total. The van der Waals surface area contributed by atoms with E-state index < -0.39 is 12.1 Å². The van der Waals surface area contributed by atoms with Crippen molar-refractivity contribution in [1.29, 1.82) is 0 Å². The Morgan fingerprint density at radius 1 is 1.13 bits per heavy atom. The summed E-state index contributed by atoms with van der Waals surface area (Å²) in [5, 5.41) is 20.3. The van der Waals surface area contributed by atoms with Gasteiger partial charge in [0.1, 0.15) is 4.88 Å². The fraction of sp³-hybridized carbons (Fsp3) is 0.417.